The molecule has 0 bridgehead atoms. The number of nitrogens with one attached hydrogen (secondary N) is 1. The third-order valence-corrected chi connectivity index (χ3v) is 3.12. The fraction of sp³-hybridized carbons (Fsp3) is 0.286. The van der Waals surface area contributed by atoms with Crippen molar-refractivity contribution in [3.8, 4) is 5.75 Å². The van der Waals surface area contributed by atoms with Crippen LogP contribution in [0.1, 0.15) is 19.8 Å². The molecule has 0 amide bonds. The van der Waals surface area contributed by atoms with Crippen LogP contribution in [-0.4, -0.2) is 21.5 Å². The minimum Gasteiger partial charge on any atom is -0.494 e. The minimum atomic E-state index is -0.618. The van der Waals surface area contributed by atoms with Crippen LogP contribution in [0.5, 0.6) is 5.75 Å². The van der Waals surface area contributed by atoms with Crippen molar-refractivity contribution in [1.82, 2.24) is 9.97 Å². The molecule has 8 heteroatoms. The zero-order valence-electron chi connectivity index (χ0n) is 12.0. The van der Waals surface area contributed by atoms with Crippen LogP contribution in [0.15, 0.2) is 30.6 Å². The number of ether oxygens (including phenoxy) is 1. The first kappa shape index (κ1) is 16.0. The second kappa shape index (κ2) is 7.56. The van der Waals surface area contributed by atoms with Gasteiger partial charge < -0.3 is 10.1 Å². The van der Waals surface area contributed by atoms with E-state index in [1.807, 2.05) is 0 Å². The Morgan fingerprint density at radius 2 is 2.05 bits per heavy atom. The fourth-order valence-electron chi connectivity index (χ4n) is 1.72. The summed E-state index contributed by atoms with van der Waals surface area (Å²) in [6.07, 6.45) is 3.23. The van der Waals surface area contributed by atoms with Crippen molar-refractivity contribution in [2.75, 3.05) is 11.9 Å². The maximum absolute atomic E-state index is 11.0. The van der Waals surface area contributed by atoms with Gasteiger partial charge >= 0.3 is 5.69 Å². The highest BCUT2D eigenvalue weighted by Gasteiger charge is 2.21. The van der Waals surface area contributed by atoms with Crippen LogP contribution in [0, 0.1) is 10.1 Å². The first-order valence-corrected chi connectivity index (χ1v) is 7.14. The molecule has 1 heterocycles. The zero-order valence-corrected chi connectivity index (χ0v) is 12.7. The van der Waals surface area contributed by atoms with Gasteiger partial charge in [0.1, 0.15) is 12.1 Å². The van der Waals surface area contributed by atoms with E-state index < -0.39 is 4.92 Å². The first-order valence-electron chi connectivity index (χ1n) is 6.76. The summed E-state index contributed by atoms with van der Waals surface area (Å²) >= 11 is 5.73. The van der Waals surface area contributed by atoms with E-state index in [0.29, 0.717) is 12.3 Å². The average Bonchev–Trinajstić information content (AvgIpc) is 2.49. The highest BCUT2D eigenvalue weighted by atomic mass is 35.5. The van der Waals surface area contributed by atoms with Gasteiger partial charge in [-0.15, -0.1) is 0 Å². The van der Waals surface area contributed by atoms with Gasteiger partial charge in [0.15, 0.2) is 0 Å². The van der Waals surface area contributed by atoms with Gasteiger partial charge in [0.05, 0.1) is 11.5 Å². The van der Waals surface area contributed by atoms with E-state index in [9.17, 15) is 10.1 Å². The number of benzene rings is 1. The SMILES string of the molecule is CCCCOc1ccc(Nc2ncnc(Cl)c2[N+](=O)[O-])cc1. The molecule has 1 aromatic carbocycles. The Hall–Kier alpha value is -2.41. The Bertz CT molecular complexity index is 649. The summed E-state index contributed by atoms with van der Waals surface area (Å²) in [5.41, 5.74) is 0.285. The quantitative estimate of drug-likeness (QED) is 0.359. The van der Waals surface area contributed by atoms with Gasteiger partial charge in [0.2, 0.25) is 11.0 Å². The van der Waals surface area contributed by atoms with Crippen molar-refractivity contribution in [2.24, 2.45) is 0 Å². The maximum Gasteiger partial charge on any atom is 0.348 e. The predicted molar refractivity (Wildman–Crippen MR) is 83.8 cm³/mol. The molecule has 0 aliphatic rings. The first-order chi connectivity index (χ1) is 10.6. The number of halogens is 1. The van der Waals surface area contributed by atoms with Crippen LogP contribution in [0.3, 0.4) is 0 Å². The van der Waals surface area contributed by atoms with Gasteiger partial charge in [-0.2, -0.15) is 0 Å². The Morgan fingerprint density at radius 3 is 2.68 bits per heavy atom. The van der Waals surface area contributed by atoms with Crippen LogP contribution in [0.25, 0.3) is 0 Å². The molecular weight excluding hydrogens is 308 g/mol. The number of unbranched alkanes of at least 4 members (excludes halogenated alkanes) is 1. The molecule has 0 atom stereocenters. The molecule has 116 valence electrons. The molecule has 0 aliphatic heterocycles. The number of anilines is 2. The lowest BCUT2D eigenvalue weighted by molar-refractivity contribution is -0.384. The highest BCUT2D eigenvalue weighted by molar-refractivity contribution is 6.31. The monoisotopic (exact) mass is 322 g/mol. The Kier molecular flexibility index (Phi) is 5.48. The largest absolute Gasteiger partial charge is 0.494 e. The van der Waals surface area contributed by atoms with E-state index in [-0.39, 0.29) is 16.7 Å². The second-order valence-electron chi connectivity index (χ2n) is 4.47. The molecule has 0 unspecified atom stereocenters. The third-order valence-electron chi connectivity index (χ3n) is 2.84. The van der Waals surface area contributed by atoms with Crippen molar-refractivity contribution in [1.29, 1.82) is 0 Å². The van der Waals surface area contributed by atoms with Gasteiger partial charge in [0, 0.05) is 5.69 Å². The summed E-state index contributed by atoms with van der Waals surface area (Å²) in [7, 11) is 0. The van der Waals surface area contributed by atoms with E-state index in [0.717, 1.165) is 18.6 Å². The van der Waals surface area contributed by atoms with Crippen LogP contribution < -0.4 is 10.1 Å². The van der Waals surface area contributed by atoms with E-state index in [1.54, 1.807) is 24.3 Å². The van der Waals surface area contributed by atoms with Gasteiger partial charge in [0.25, 0.3) is 0 Å². The number of hydrogen-bond donors (Lipinski definition) is 1. The predicted octanol–water partition coefficient (Wildman–Crippen LogP) is 3.96. The molecule has 1 aromatic heterocycles. The number of hydrogen-bond acceptors (Lipinski definition) is 6. The summed E-state index contributed by atoms with van der Waals surface area (Å²) in [6, 6.07) is 7.07. The molecule has 2 aromatic rings. The van der Waals surface area contributed by atoms with Gasteiger partial charge in [-0.1, -0.05) is 24.9 Å². The lowest BCUT2D eigenvalue weighted by atomic mass is 10.3. The number of aromatic nitrogens is 2. The van der Waals surface area contributed by atoms with Gasteiger partial charge in [-0.05, 0) is 30.7 Å². The second-order valence-corrected chi connectivity index (χ2v) is 4.83. The lowest BCUT2D eigenvalue weighted by Gasteiger charge is -2.08. The minimum absolute atomic E-state index is 0.0460. The summed E-state index contributed by atoms with van der Waals surface area (Å²) < 4.78 is 5.55. The maximum atomic E-state index is 11.0. The Balaban J connectivity index is 2.11. The molecule has 0 radical (unpaired) electrons. The molecule has 0 spiro atoms. The summed E-state index contributed by atoms with van der Waals surface area (Å²) in [5.74, 6) is 0.791. The van der Waals surface area contributed by atoms with Gasteiger partial charge in [-0.3, -0.25) is 10.1 Å². The van der Waals surface area contributed by atoms with Crippen LogP contribution in [0.2, 0.25) is 5.15 Å². The summed E-state index contributed by atoms with van der Waals surface area (Å²) in [6.45, 7) is 2.76. The van der Waals surface area contributed by atoms with Crippen molar-refractivity contribution in [3.05, 3.63) is 45.9 Å². The number of rotatable bonds is 7. The summed E-state index contributed by atoms with van der Waals surface area (Å²) in [4.78, 5) is 17.9. The molecule has 0 saturated carbocycles. The number of nitrogens with zero attached hydrogens (tertiary/aromatic N) is 3. The number of nitro groups is 1. The zero-order chi connectivity index (χ0) is 15.9. The van der Waals surface area contributed by atoms with Crippen LogP contribution >= 0.6 is 11.6 Å². The topological polar surface area (TPSA) is 90.2 Å². The van der Waals surface area contributed by atoms with E-state index in [2.05, 4.69) is 22.2 Å². The van der Waals surface area contributed by atoms with Crippen LogP contribution in [-0.2, 0) is 0 Å². The van der Waals surface area contributed by atoms with Crippen LogP contribution in [0.4, 0.5) is 17.2 Å². The lowest BCUT2D eigenvalue weighted by Crippen LogP contribution is -2.02. The summed E-state index contributed by atoms with van der Waals surface area (Å²) in [5, 5.41) is 13.7. The molecule has 0 fully saturated rings. The van der Waals surface area contributed by atoms with Crippen molar-refractivity contribution in [2.45, 2.75) is 19.8 Å². The van der Waals surface area contributed by atoms with E-state index >= 15 is 0 Å². The van der Waals surface area contributed by atoms with Gasteiger partial charge in [-0.25, -0.2) is 9.97 Å². The van der Waals surface area contributed by atoms with E-state index in [1.165, 1.54) is 6.33 Å². The van der Waals surface area contributed by atoms with E-state index in [4.69, 9.17) is 16.3 Å². The molecule has 22 heavy (non-hydrogen) atoms. The molecule has 0 saturated heterocycles. The van der Waals surface area contributed by atoms with Crippen molar-refractivity contribution >= 4 is 28.8 Å². The third kappa shape index (κ3) is 4.05. The van der Waals surface area contributed by atoms with Crippen molar-refractivity contribution < 1.29 is 9.66 Å². The Morgan fingerprint density at radius 1 is 1.32 bits per heavy atom. The molecule has 7 nitrogen and oxygen atoms in total. The standard InChI is InChI=1S/C14H15ClN4O3/c1-2-3-8-22-11-6-4-10(5-7-11)18-14-12(19(20)21)13(15)16-9-17-14/h4-7,9H,2-3,8H2,1H3,(H,16,17,18). The normalized spacial score (nSPS) is 10.3. The molecule has 2 rings (SSSR count). The highest BCUT2D eigenvalue weighted by Crippen LogP contribution is 2.30. The molecule has 1 N–H and O–H groups in total. The fourth-order valence-corrected chi connectivity index (χ4v) is 1.92. The van der Waals surface area contributed by atoms with Crippen molar-refractivity contribution in [3.63, 3.8) is 0 Å². The molecule has 0 aliphatic carbocycles. The Labute approximate surface area is 132 Å². The average molecular weight is 323 g/mol. The smallest absolute Gasteiger partial charge is 0.348 e. The molecular formula is C14H15ClN4O3.